The maximum atomic E-state index is 3.60. The van der Waals surface area contributed by atoms with Crippen molar-refractivity contribution in [3.05, 3.63) is 140 Å². The van der Waals surface area contributed by atoms with Crippen molar-refractivity contribution in [1.29, 1.82) is 0 Å². The first-order chi connectivity index (χ1) is 18.8. The van der Waals surface area contributed by atoms with E-state index in [4.69, 9.17) is 0 Å². The lowest BCUT2D eigenvalue weighted by atomic mass is 10.0. The number of hydrogen-bond donors (Lipinski definition) is 1. The van der Waals surface area contributed by atoms with Gasteiger partial charge in [0.1, 0.15) is 0 Å². The van der Waals surface area contributed by atoms with Gasteiger partial charge in [-0.05, 0) is 58.7 Å². The molecule has 0 spiro atoms. The minimum atomic E-state index is 1.17. The van der Waals surface area contributed by atoms with E-state index < -0.39 is 0 Å². The van der Waals surface area contributed by atoms with E-state index in [1.807, 2.05) is 0 Å². The van der Waals surface area contributed by atoms with Crippen LogP contribution in [0.3, 0.4) is 0 Å². The van der Waals surface area contributed by atoms with Crippen LogP contribution in [0.1, 0.15) is 0 Å². The summed E-state index contributed by atoms with van der Waals surface area (Å²) in [5.74, 6) is 0. The molecule has 6 aromatic carbocycles. The van der Waals surface area contributed by atoms with Crippen molar-refractivity contribution < 1.29 is 0 Å². The molecular weight excluding hydrogens is 460 g/mol. The van der Waals surface area contributed by atoms with E-state index in [2.05, 4.69) is 149 Å². The highest BCUT2D eigenvalue weighted by molar-refractivity contribution is 6.11. The lowest BCUT2D eigenvalue weighted by Crippen LogP contribution is -1.94. The minimum Gasteiger partial charge on any atom is -0.354 e. The third kappa shape index (κ3) is 3.21. The highest BCUT2D eigenvalue weighted by Crippen LogP contribution is 2.36. The fourth-order valence-corrected chi connectivity index (χ4v) is 5.90. The number of nitrogens with zero attached hydrogens (tertiary/aromatic N) is 1. The molecule has 0 saturated carbocycles. The maximum Gasteiger partial charge on any atom is 0.0547 e. The Morgan fingerprint density at radius 2 is 0.947 bits per heavy atom. The van der Waals surface area contributed by atoms with Gasteiger partial charge in [-0.3, -0.25) is 0 Å². The number of aromatic nitrogens is 2. The molecule has 0 unspecified atom stereocenters. The molecule has 178 valence electrons. The summed E-state index contributed by atoms with van der Waals surface area (Å²) in [4.78, 5) is 3.60. The van der Waals surface area contributed by atoms with Crippen LogP contribution in [-0.2, 0) is 0 Å². The van der Waals surface area contributed by atoms with Gasteiger partial charge in [0.15, 0.2) is 0 Å². The van der Waals surface area contributed by atoms with Crippen molar-refractivity contribution in [2.45, 2.75) is 0 Å². The number of H-pyrrole nitrogens is 1. The Bertz CT molecular complexity index is 2110. The number of fused-ring (bicyclic) bond motifs is 6. The summed E-state index contributed by atoms with van der Waals surface area (Å²) in [7, 11) is 0. The predicted molar refractivity (Wildman–Crippen MR) is 161 cm³/mol. The second-order valence-corrected chi connectivity index (χ2v) is 9.93. The van der Waals surface area contributed by atoms with Gasteiger partial charge in [0.25, 0.3) is 0 Å². The van der Waals surface area contributed by atoms with Crippen LogP contribution >= 0.6 is 0 Å². The van der Waals surface area contributed by atoms with Gasteiger partial charge in [0.05, 0.1) is 11.0 Å². The number of benzene rings is 6. The largest absolute Gasteiger partial charge is 0.354 e. The number of para-hydroxylation sites is 2. The fourth-order valence-electron chi connectivity index (χ4n) is 5.90. The molecule has 0 aliphatic carbocycles. The molecule has 1 N–H and O–H groups in total. The van der Waals surface area contributed by atoms with E-state index in [1.54, 1.807) is 0 Å². The average Bonchev–Trinajstić information content (AvgIpc) is 3.52. The van der Waals surface area contributed by atoms with Crippen molar-refractivity contribution >= 4 is 43.6 Å². The maximum absolute atomic E-state index is 3.60. The Balaban J connectivity index is 1.31. The first-order valence-electron chi connectivity index (χ1n) is 13.0. The normalized spacial score (nSPS) is 11.7. The minimum absolute atomic E-state index is 1.17. The summed E-state index contributed by atoms with van der Waals surface area (Å²) in [6.07, 6.45) is 0. The topological polar surface area (TPSA) is 20.7 Å². The molecule has 8 rings (SSSR count). The third-order valence-corrected chi connectivity index (χ3v) is 7.75. The Morgan fingerprint density at radius 1 is 0.368 bits per heavy atom. The summed E-state index contributed by atoms with van der Waals surface area (Å²) in [5.41, 5.74) is 10.8. The molecule has 0 saturated heterocycles. The van der Waals surface area contributed by atoms with Crippen LogP contribution in [0.25, 0.3) is 71.6 Å². The van der Waals surface area contributed by atoms with Crippen LogP contribution in [0.2, 0.25) is 0 Å². The van der Waals surface area contributed by atoms with Gasteiger partial charge in [-0.2, -0.15) is 0 Å². The number of hydrogen-bond acceptors (Lipinski definition) is 0. The average molecular weight is 485 g/mol. The molecule has 0 bridgehead atoms. The highest BCUT2D eigenvalue weighted by Gasteiger charge is 2.14. The second-order valence-electron chi connectivity index (χ2n) is 9.93. The zero-order chi connectivity index (χ0) is 25.1. The summed E-state index contributed by atoms with van der Waals surface area (Å²) < 4.78 is 2.39. The second kappa shape index (κ2) is 8.22. The van der Waals surface area contributed by atoms with E-state index in [1.165, 1.54) is 71.6 Å². The van der Waals surface area contributed by atoms with Crippen molar-refractivity contribution in [2.24, 2.45) is 0 Å². The number of rotatable bonds is 3. The van der Waals surface area contributed by atoms with Gasteiger partial charge in [-0.1, -0.05) is 103 Å². The number of aromatic amines is 1. The molecule has 0 radical (unpaired) electrons. The molecular formula is C36H24N2. The molecule has 2 nitrogen and oxygen atoms in total. The Morgan fingerprint density at radius 3 is 1.79 bits per heavy atom. The van der Waals surface area contributed by atoms with Crippen molar-refractivity contribution in [3.63, 3.8) is 0 Å². The highest BCUT2D eigenvalue weighted by atomic mass is 15.0. The Kier molecular flexibility index (Phi) is 4.55. The zero-order valence-electron chi connectivity index (χ0n) is 20.7. The van der Waals surface area contributed by atoms with Gasteiger partial charge in [-0.25, -0.2) is 0 Å². The van der Waals surface area contributed by atoms with Gasteiger partial charge in [0.2, 0.25) is 0 Å². The lowest BCUT2D eigenvalue weighted by molar-refractivity contribution is 1.18. The van der Waals surface area contributed by atoms with Crippen molar-refractivity contribution in [1.82, 2.24) is 9.55 Å². The van der Waals surface area contributed by atoms with Crippen molar-refractivity contribution in [2.75, 3.05) is 0 Å². The summed E-state index contributed by atoms with van der Waals surface area (Å²) in [6, 6.07) is 50.3. The standard InChI is InChI=1S/C36H24N2/c1-2-8-24(9-3-1)25-14-18-28(19-15-25)38-35-13-7-5-11-31(35)32-21-17-27(23-36(32)38)26-16-20-30-29-10-4-6-12-33(29)37-34(30)22-26/h1-23,37H. The van der Waals surface area contributed by atoms with Gasteiger partial charge in [0, 0.05) is 38.3 Å². The van der Waals surface area contributed by atoms with Crippen LogP contribution in [0.15, 0.2) is 140 Å². The zero-order valence-corrected chi connectivity index (χ0v) is 20.7. The molecule has 2 heterocycles. The number of nitrogens with one attached hydrogen (secondary N) is 1. The molecule has 0 atom stereocenters. The van der Waals surface area contributed by atoms with Crippen LogP contribution in [0.5, 0.6) is 0 Å². The summed E-state index contributed by atoms with van der Waals surface area (Å²) >= 11 is 0. The van der Waals surface area contributed by atoms with Gasteiger partial charge in [-0.15, -0.1) is 0 Å². The van der Waals surface area contributed by atoms with E-state index in [-0.39, 0.29) is 0 Å². The van der Waals surface area contributed by atoms with Crippen molar-refractivity contribution in [3.8, 4) is 27.9 Å². The Hall–Kier alpha value is -5.08. The van der Waals surface area contributed by atoms with E-state index in [9.17, 15) is 0 Å². The van der Waals surface area contributed by atoms with Gasteiger partial charge >= 0.3 is 0 Å². The third-order valence-electron chi connectivity index (χ3n) is 7.75. The lowest BCUT2D eigenvalue weighted by Gasteiger charge is -2.10. The molecule has 2 aromatic heterocycles. The molecule has 0 amide bonds. The SMILES string of the molecule is c1ccc(-c2ccc(-n3c4ccccc4c4ccc(-c5ccc6c(c5)[nH]c5ccccc56)cc43)cc2)cc1. The molecule has 0 aliphatic rings. The molecule has 8 aromatic rings. The first kappa shape index (κ1) is 21.0. The fraction of sp³-hybridized carbons (Fsp3) is 0. The smallest absolute Gasteiger partial charge is 0.0547 e. The molecule has 0 fully saturated rings. The van der Waals surface area contributed by atoms with Crippen LogP contribution in [0, 0.1) is 0 Å². The van der Waals surface area contributed by atoms with E-state index in [0.717, 1.165) is 0 Å². The molecule has 0 aliphatic heterocycles. The van der Waals surface area contributed by atoms with Gasteiger partial charge < -0.3 is 9.55 Å². The summed E-state index contributed by atoms with van der Waals surface area (Å²) in [5, 5.41) is 5.07. The van der Waals surface area contributed by atoms with Crippen LogP contribution < -0.4 is 0 Å². The predicted octanol–water partition coefficient (Wildman–Crippen LogP) is 9.75. The van der Waals surface area contributed by atoms with E-state index >= 15 is 0 Å². The first-order valence-corrected chi connectivity index (χ1v) is 13.0. The Labute approximate surface area is 220 Å². The van der Waals surface area contributed by atoms with Crippen LogP contribution in [0.4, 0.5) is 0 Å². The summed E-state index contributed by atoms with van der Waals surface area (Å²) in [6.45, 7) is 0. The molecule has 38 heavy (non-hydrogen) atoms. The van der Waals surface area contributed by atoms with Crippen LogP contribution in [-0.4, -0.2) is 9.55 Å². The van der Waals surface area contributed by atoms with E-state index in [0.29, 0.717) is 0 Å². The monoisotopic (exact) mass is 484 g/mol. The molecule has 2 heteroatoms. The quantitative estimate of drug-likeness (QED) is 0.258.